The van der Waals surface area contributed by atoms with Gasteiger partial charge in [0.25, 0.3) is 5.91 Å². The lowest BCUT2D eigenvalue weighted by atomic mass is 10.3. The Balaban J connectivity index is 1.95. The van der Waals surface area contributed by atoms with Crippen LogP contribution in [0.4, 0.5) is 5.69 Å². The lowest BCUT2D eigenvalue weighted by Crippen LogP contribution is -2.31. The molecule has 19 heavy (non-hydrogen) atoms. The summed E-state index contributed by atoms with van der Waals surface area (Å²) in [6.07, 6.45) is 0. The number of carbonyl (C=O) groups is 1. The number of benzene rings is 2. The van der Waals surface area contributed by atoms with Crippen molar-refractivity contribution in [1.29, 1.82) is 0 Å². The number of hydrogen-bond acceptors (Lipinski definition) is 2. The molecular formula is C15H14INO2. The smallest absolute Gasteiger partial charge is 0.264 e. The Kier molecular flexibility index (Phi) is 4.79. The number of rotatable bonds is 4. The number of anilines is 1. The molecule has 2 rings (SSSR count). The van der Waals surface area contributed by atoms with E-state index in [2.05, 4.69) is 22.6 Å². The Hall–Kier alpha value is -1.56. The van der Waals surface area contributed by atoms with Crippen LogP contribution in [0.15, 0.2) is 54.6 Å². The van der Waals surface area contributed by atoms with Crippen molar-refractivity contribution in [2.75, 3.05) is 18.6 Å². The first-order chi connectivity index (χ1) is 9.16. The maximum absolute atomic E-state index is 12.0. The number of para-hydroxylation sites is 1. The summed E-state index contributed by atoms with van der Waals surface area (Å²) in [4.78, 5) is 13.6. The zero-order valence-corrected chi connectivity index (χ0v) is 12.7. The Labute approximate surface area is 126 Å². The summed E-state index contributed by atoms with van der Waals surface area (Å²) in [7, 11) is 1.75. The Morgan fingerprint density at radius 1 is 1.16 bits per heavy atom. The van der Waals surface area contributed by atoms with E-state index in [9.17, 15) is 4.79 Å². The van der Waals surface area contributed by atoms with E-state index < -0.39 is 0 Å². The predicted molar refractivity (Wildman–Crippen MR) is 84.5 cm³/mol. The van der Waals surface area contributed by atoms with Crippen molar-refractivity contribution in [1.82, 2.24) is 0 Å². The van der Waals surface area contributed by atoms with Crippen LogP contribution in [0.3, 0.4) is 0 Å². The summed E-state index contributed by atoms with van der Waals surface area (Å²) < 4.78 is 6.58. The van der Waals surface area contributed by atoms with E-state index in [0.717, 1.165) is 9.26 Å². The highest BCUT2D eigenvalue weighted by Crippen LogP contribution is 2.15. The quantitative estimate of drug-likeness (QED) is 0.776. The third-order valence-electron chi connectivity index (χ3n) is 2.68. The minimum atomic E-state index is -0.0786. The standard InChI is InChI=1S/C15H14INO2/c1-17(13-7-3-2-4-8-13)15(18)11-19-14-9-5-6-12(16)10-14/h2-10H,11H2,1H3. The third kappa shape index (κ3) is 3.96. The van der Waals surface area contributed by atoms with Gasteiger partial charge in [0, 0.05) is 16.3 Å². The average Bonchev–Trinajstić information content (AvgIpc) is 2.45. The molecule has 0 aliphatic carbocycles. The number of hydrogen-bond donors (Lipinski definition) is 0. The van der Waals surface area contributed by atoms with Gasteiger partial charge in [-0.3, -0.25) is 4.79 Å². The maximum atomic E-state index is 12.0. The van der Waals surface area contributed by atoms with Crippen LogP contribution in [0.25, 0.3) is 0 Å². The van der Waals surface area contributed by atoms with Crippen LogP contribution < -0.4 is 9.64 Å². The third-order valence-corrected chi connectivity index (χ3v) is 3.35. The highest BCUT2D eigenvalue weighted by Gasteiger charge is 2.11. The molecule has 4 heteroatoms. The Bertz CT molecular complexity index is 557. The second-order valence-corrected chi connectivity index (χ2v) is 5.28. The van der Waals surface area contributed by atoms with Crippen LogP contribution in [0, 0.1) is 3.57 Å². The van der Waals surface area contributed by atoms with E-state index in [1.807, 2.05) is 54.6 Å². The van der Waals surface area contributed by atoms with Crippen LogP contribution in [0.5, 0.6) is 5.75 Å². The van der Waals surface area contributed by atoms with E-state index in [0.29, 0.717) is 5.75 Å². The Morgan fingerprint density at radius 3 is 2.58 bits per heavy atom. The number of nitrogens with zero attached hydrogens (tertiary/aromatic N) is 1. The van der Waals surface area contributed by atoms with Gasteiger partial charge in [0.15, 0.2) is 6.61 Å². The van der Waals surface area contributed by atoms with Crippen molar-refractivity contribution in [2.45, 2.75) is 0 Å². The highest BCUT2D eigenvalue weighted by atomic mass is 127. The minimum absolute atomic E-state index is 0.0332. The fourth-order valence-electron chi connectivity index (χ4n) is 1.59. The van der Waals surface area contributed by atoms with Crippen LogP contribution in [-0.2, 0) is 4.79 Å². The predicted octanol–water partition coefficient (Wildman–Crippen LogP) is 3.33. The number of halogens is 1. The van der Waals surface area contributed by atoms with Gasteiger partial charge in [-0.15, -0.1) is 0 Å². The molecular weight excluding hydrogens is 353 g/mol. The molecule has 2 aromatic rings. The summed E-state index contributed by atoms with van der Waals surface area (Å²) in [5.41, 5.74) is 0.860. The fraction of sp³-hybridized carbons (Fsp3) is 0.133. The van der Waals surface area contributed by atoms with Gasteiger partial charge in [-0.1, -0.05) is 24.3 Å². The van der Waals surface area contributed by atoms with Crippen molar-refractivity contribution in [3.63, 3.8) is 0 Å². The molecule has 0 N–H and O–H groups in total. The Morgan fingerprint density at radius 2 is 1.89 bits per heavy atom. The first-order valence-corrected chi connectivity index (χ1v) is 6.94. The van der Waals surface area contributed by atoms with E-state index in [1.54, 1.807) is 11.9 Å². The monoisotopic (exact) mass is 367 g/mol. The number of ether oxygens (including phenoxy) is 1. The summed E-state index contributed by atoms with van der Waals surface area (Å²) in [6, 6.07) is 17.1. The normalized spacial score (nSPS) is 10.0. The molecule has 0 atom stereocenters. The molecule has 0 bridgehead atoms. The SMILES string of the molecule is CN(C(=O)COc1cccc(I)c1)c1ccccc1. The minimum Gasteiger partial charge on any atom is -0.484 e. The van der Waals surface area contributed by atoms with Crippen LogP contribution in [0.1, 0.15) is 0 Å². The van der Waals surface area contributed by atoms with E-state index >= 15 is 0 Å². The number of likely N-dealkylation sites (N-methyl/N-ethyl adjacent to an activating group) is 1. The van der Waals surface area contributed by atoms with E-state index in [-0.39, 0.29) is 12.5 Å². The largest absolute Gasteiger partial charge is 0.484 e. The lowest BCUT2D eigenvalue weighted by Gasteiger charge is -2.17. The van der Waals surface area contributed by atoms with Crippen molar-refractivity contribution in [3.8, 4) is 5.75 Å². The lowest BCUT2D eigenvalue weighted by molar-refractivity contribution is -0.120. The van der Waals surface area contributed by atoms with Gasteiger partial charge >= 0.3 is 0 Å². The molecule has 0 aliphatic heterocycles. The van der Waals surface area contributed by atoms with Gasteiger partial charge in [-0.25, -0.2) is 0 Å². The number of carbonyl (C=O) groups excluding carboxylic acids is 1. The summed E-state index contributed by atoms with van der Waals surface area (Å²) in [5.74, 6) is 0.631. The summed E-state index contributed by atoms with van der Waals surface area (Å²) in [6.45, 7) is 0.0332. The average molecular weight is 367 g/mol. The first-order valence-electron chi connectivity index (χ1n) is 5.87. The fourth-order valence-corrected chi connectivity index (χ4v) is 2.11. The molecule has 98 valence electrons. The topological polar surface area (TPSA) is 29.5 Å². The summed E-state index contributed by atoms with van der Waals surface area (Å²) in [5, 5.41) is 0. The van der Waals surface area contributed by atoms with Crippen molar-refractivity contribution in [2.24, 2.45) is 0 Å². The van der Waals surface area contributed by atoms with E-state index in [4.69, 9.17) is 4.74 Å². The number of amides is 1. The highest BCUT2D eigenvalue weighted by molar-refractivity contribution is 14.1. The van der Waals surface area contributed by atoms with Gasteiger partial charge in [0.1, 0.15) is 5.75 Å². The molecule has 0 aliphatic rings. The van der Waals surface area contributed by atoms with Gasteiger partial charge in [-0.2, -0.15) is 0 Å². The molecule has 0 spiro atoms. The van der Waals surface area contributed by atoms with Crippen molar-refractivity contribution >= 4 is 34.2 Å². The van der Waals surface area contributed by atoms with Gasteiger partial charge < -0.3 is 9.64 Å². The molecule has 0 saturated heterocycles. The van der Waals surface area contributed by atoms with Crippen LogP contribution in [0.2, 0.25) is 0 Å². The molecule has 0 heterocycles. The van der Waals surface area contributed by atoms with Gasteiger partial charge in [0.2, 0.25) is 0 Å². The zero-order chi connectivity index (χ0) is 13.7. The van der Waals surface area contributed by atoms with Crippen molar-refractivity contribution < 1.29 is 9.53 Å². The molecule has 0 unspecified atom stereocenters. The van der Waals surface area contributed by atoms with Gasteiger partial charge in [0.05, 0.1) is 0 Å². The van der Waals surface area contributed by atoms with Crippen molar-refractivity contribution in [3.05, 3.63) is 58.2 Å². The molecule has 2 aromatic carbocycles. The molecule has 0 aromatic heterocycles. The molecule has 1 amide bonds. The van der Waals surface area contributed by atoms with Crippen LogP contribution >= 0.6 is 22.6 Å². The second-order valence-electron chi connectivity index (χ2n) is 4.03. The van der Waals surface area contributed by atoms with E-state index in [1.165, 1.54) is 0 Å². The first kappa shape index (κ1) is 13.9. The molecule has 3 nitrogen and oxygen atoms in total. The van der Waals surface area contributed by atoms with Gasteiger partial charge in [-0.05, 0) is 52.9 Å². The second kappa shape index (κ2) is 6.56. The zero-order valence-electron chi connectivity index (χ0n) is 10.5. The maximum Gasteiger partial charge on any atom is 0.264 e. The molecule has 0 radical (unpaired) electrons. The summed E-state index contributed by atoms with van der Waals surface area (Å²) >= 11 is 2.21. The molecule has 0 saturated carbocycles. The van der Waals surface area contributed by atoms with Crippen LogP contribution in [-0.4, -0.2) is 19.6 Å². The molecule has 0 fully saturated rings.